The Kier molecular flexibility index (Phi) is 5.37. The fourth-order valence-corrected chi connectivity index (χ4v) is 1.47. The molecule has 8 heavy (non-hydrogen) atoms. The first-order valence-electron chi connectivity index (χ1n) is 3.27. The summed E-state index contributed by atoms with van der Waals surface area (Å²) in [7, 11) is 1.27. The van der Waals surface area contributed by atoms with Crippen LogP contribution in [0.1, 0.15) is 12.8 Å². The van der Waals surface area contributed by atoms with E-state index in [4.69, 9.17) is 11.5 Å². The number of hydrogen-bond donors (Lipinski definition) is 2. The van der Waals surface area contributed by atoms with E-state index in [1.54, 1.807) is 0 Å². The third-order valence-electron chi connectivity index (χ3n) is 1.20. The zero-order chi connectivity index (χ0) is 6.41. The Morgan fingerprint density at radius 3 is 2.38 bits per heavy atom. The fourth-order valence-electron chi connectivity index (χ4n) is 0.729. The molecule has 0 aromatic heterocycles. The van der Waals surface area contributed by atoms with Crippen molar-refractivity contribution >= 4 is 10.2 Å². The van der Waals surface area contributed by atoms with Gasteiger partial charge in [-0.2, -0.15) is 0 Å². The van der Waals surface area contributed by atoms with Gasteiger partial charge in [0.25, 0.3) is 0 Å². The van der Waals surface area contributed by atoms with E-state index in [2.05, 4.69) is 0 Å². The molecule has 50 valence electrons. The van der Waals surface area contributed by atoms with Crippen LogP contribution in [0.4, 0.5) is 0 Å². The average Bonchev–Trinajstić information content (AvgIpc) is 1.68. The summed E-state index contributed by atoms with van der Waals surface area (Å²) in [6, 6.07) is 1.68. The maximum atomic E-state index is 5.64. The highest BCUT2D eigenvalue weighted by atomic mass is 28.1. The summed E-state index contributed by atoms with van der Waals surface area (Å²) in [4.78, 5) is 0. The van der Waals surface area contributed by atoms with Crippen molar-refractivity contribution in [2.75, 3.05) is 6.54 Å². The average molecular weight is 132 g/mol. The molecule has 0 saturated carbocycles. The summed E-state index contributed by atoms with van der Waals surface area (Å²) in [5, 5.41) is 0. The van der Waals surface area contributed by atoms with Crippen LogP contribution in [0.5, 0.6) is 0 Å². The predicted molar refractivity (Wildman–Crippen MR) is 41.0 cm³/mol. The summed E-state index contributed by atoms with van der Waals surface area (Å²) in [6.07, 6.45) is 2.16. The molecule has 0 saturated heterocycles. The Morgan fingerprint density at radius 1 is 1.38 bits per heavy atom. The molecule has 2 nitrogen and oxygen atoms in total. The Hall–Kier alpha value is 0.137. The highest BCUT2D eigenvalue weighted by Crippen LogP contribution is 1.94. The molecule has 0 aliphatic heterocycles. The lowest BCUT2D eigenvalue weighted by atomic mass is 10.2. The number of nitrogens with two attached hydrogens (primary N) is 2. The standard InChI is InChI=1S/C5H16N2Si/c6-3-1-5(7)2-4-8/h5H,1-4,6-7H2,8H3. The van der Waals surface area contributed by atoms with Gasteiger partial charge in [-0.3, -0.25) is 0 Å². The summed E-state index contributed by atoms with van der Waals surface area (Å²) >= 11 is 0. The van der Waals surface area contributed by atoms with Crippen molar-refractivity contribution in [3.8, 4) is 0 Å². The van der Waals surface area contributed by atoms with Crippen LogP contribution in [0.3, 0.4) is 0 Å². The van der Waals surface area contributed by atoms with E-state index in [-0.39, 0.29) is 0 Å². The van der Waals surface area contributed by atoms with E-state index in [9.17, 15) is 0 Å². The van der Waals surface area contributed by atoms with Gasteiger partial charge < -0.3 is 11.5 Å². The molecule has 0 aliphatic rings. The SMILES string of the molecule is NCCC(N)CC[SiH3]. The second-order valence-corrected chi connectivity index (χ2v) is 3.13. The summed E-state index contributed by atoms with van der Waals surface area (Å²) in [5.74, 6) is 0. The molecule has 1 atom stereocenters. The molecule has 0 bridgehead atoms. The van der Waals surface area contributed by atoms with Crippen LogP contribution in [0.25, 0.3) is 0 Å². The zero-order valence-corrected chi connectivity index (χ0v) is 7.56. The van der Waals surface area contributed by atoms with Crippen LogP contribution in [-0.2, 0) is 0 Å². The van der Waals surface area contributed by atoms with Crippen molar-refractivity contribution in [3.63, 3.8) is 0 Å². The van der Waals surface area contributed by atoms with E-state index in [0.29, 0.717) is 6.04 Å². The molecule has 0 aromatic carbocycles. The number of hydrogen-bond acceptors (Lipinski definition) is 2. The maximum absolute atomic E-state index is 5.64. The van der Waals surface area contributed by atoms with Crippen molar-refractivity contribution in [2.45, 2.75) is 24.9 Å². The van der Waals surface area contributed by atoms with Gasteiger partial charge in [-0.25, -0.2) is 0 Å². The molecule has 0 aromatic rings. The van der Waals surface area contributed by atoms with Crippen molar-refractivity contribution < 1.29 is 0 Å². The van der Waals surface area contributed by atoms with E-state index < -0.39 is 0 Å². The first kappa shape index (κ1) is 8.14. The lowest BCUT2D eigenvalue weighted by molar-refractivity contribution is 0.604. The second-order valence-electron chi connectivity index (χ2n) is 2.13. The fraction of sp³-hybridized carbons (Fsp3) is 1.00. The predicted octanol–water partition coefficient (Wildman–Crippen LogP) is -1.16. The van der Waals surface area contributed by atoms with Gasteiger partial charge >= 0.3 is 0 Å². The Balaban J connectivity index is 2.92. The van der Waals surface area contributed by atoms with E-state index in [0.717, 1.165) is 13.0 Å². The minimum Gasteiger partial charge on any atom is -0.330 e. The molecule has 3 heteroatoms. The molecule has 0 fully saturated rings. The van der Waals surface area contributed by atoms with Gasteiger partial charge in [0.2, 0.25) is 0 Å². The van der Waals surface area contributed by atoms with E-state index in [1.807, 2.05) is 0 Å². The van der Waals surface area contributed by atoms with E-state index in [1.165, 1.54) is 22.7 Å². The third-order valence-corrected chi connectivity index (χ3v) is 1.77. The molecule has 0 rings (SSSR count). The first-order valence-corrected chi connectivity index (χ1v) is 4.68. The normalized spacial score (nSPS) is 14.2. The van der Waals surface area contributed by atoms with Crippen LogP contribution >= 0.6 is 0 Å². The summed E-state index contributed by atoms with van der Waals surface area (Å²) in [5.41, 5.74) is 10.9. The third kappa shape index (κ3) is 4.30. The second kappa shape index (κ2) is 5.28. The van der Waals surface area contributed by atoms with Gasteiger partial charge in [0.15, 0.2) is 0 Å². The van der Waals surface area contributed by atoms with Gasteiger partial charge in [-0.15, -0.1) is 0 Å². The molecular formula is C5H16N2Si. The summed E-state index contributed by atoms with van der Waals surface area (Å²) in [6.45, 7) is 0.739. The Bertz CT molecular complexity index is 43.7. The Morgan fingerprint density at radius 2 is 2.00 bits per heavy atom. The van der Waals surface area contributed by atoms with Crippen LogP contribution in [-0.4, -0.2) is 22.8 Å². The molecule has 0 heterocycles. The summed E-state index contributed by atoms with van der Waals surface area (Å²) < 4.78 is 0. The topological polar surface area (TPSA) is 52.0 Å². The van der Waals surface area contributed by atoms with Gasteiger partial charge in [0.05, 0.1) is 0 Å². The lowest BCUT2D eigenvalue weighted by Gasteiger charge is -2.05. The molecule has 0 aliphatic carbocycles. The van der Waals surface area contributed by atoms with Gasteiger partial charge in [-0.05, 0) is 19.4 Å². The molecular weight excluding hydrogens is 116 g/mol. The molecule has 4 N–H and O–H groups in total. The van der Waals surface area contributed by atoms with Gasteiger partial charge in [0.1, 0.15) is 0 Å². The van der Waals surface area contributed by atoms with Crippen molar-refractivity contribution in [1.29, 1.82) is 0 Å². The smallest absolute Gasteiger partial charge is 0.00478 e. The van der Waals surface area contributed by atoms with Crippen LogP contribution in [0, 0.1) is 0 Å². The molecule has 0 amide bonds. The molecule has 0 spiro atoms. The number of rotatable bonds is 4. The van der Waals surface area contributed by atoms with Gasteiger partial charge in [0, 0.05) is 16.3 Å². The molecule has 1 unspecified atom stereocenters. The zero-order valence-electron chi connectivity index (χ0n) is 5.56. The highest BCUT2D eigenvalue weighted by Gasteiger charge is 1.96. The van der Waals surface area contributed by atoms with Crippen LogP contribution in [0.2, 0.25) is 6.04 Å². The minimum atomic E-state index is 0.373. The highest BCUT2D eigenvalue weighted by molar-refractivity contribution is 6.08. The van der Waals surface area contributed by atoms with Crippen molar-refractivity contribution in [1.82, 2.24) is 0 Å². The quantitative estimate of drug-likeness (QED) is 0.474. The Labute approximate surface area is 54.0 Å². The maximum Gasteiger partial charge on any atom is 0.00478 e. The van der Waals surface area contributed by atoms with Crippen LogP contribution < -0.4 is 11.5 Å². The molecule has 0 radical (unpaired) electrons. The lowest BCUT2D eigenvalue weighted by Crippen LogP contribution is -2.23. The van der Waals surface area contributed by atoms with Crippen molar-refractivity contribution in [3.05, 3.63) is 0 Å². The van der Waals surface area contributed by atoms with Gasteiger partial charge in [-0.1, -0.05) is 6.04 Å². The van der Waals surface area contributed by atoms with E-state index >= 15 is 0 Å². The minimum absolute atomic E-state index is 0.373. The first-order chi connectivity index (χ1) is 3.81. The van der Waals surface area contributed by atoms with Crippen molar-refractivity contribution in [2.24, 2.45) is 11.5 Å². The van der Waals surface area contributed by atoms with Crippen LogP contribution in [0.15, 0.2) is 0 Å². The largest absolute Gasteiger partial charge is 0.330 e. The monoisotopic (exact) mass is 132 g/mol.